The van der Waals surface area contributed by atoms with Crippen LogP contribution < -0.4 is 4.90 Å². The van der Waals surface area contributed by atoms with E-state index in [9.17, 15) is 4.79 Å². The molecule has 1 atom stereocenters. The number of rotatable bonds is 4. The van der Waals surface area contributed by atoms with E-state index in [1.165, 1.54) is 0 Å². The molecule has 0 N–H and O–H groups in total. The Morgan fingerprint density at radius 1 is 0.938 bits per heavy atom. The molecular weight excluding hydrogens is 396 g/mol. The molecular formula is C28H28N2O2. The van der Waals surface area contributed by atoms with Crippen LogP contribution in [0.3, 0.4) is 0 Å². The van der Waals surface area contributed by atoms with Crippen molar-refractivity contribution in [1.29, 1.82) is 0 Å². The van der Waals surface area contributed by atoms with Gasteiger partial charge in [-0.3, -0.25) is 0 Å². The van der Waals surface area contributed by atoms with Crippen molar-refractivity contribution in [1.82, 2.24) is 4.57 Å². The topological polar surface area (TPSA) is 34.5 Å². The number of hydrogen-bond acceptors (Lipinski definition) is 3. The van der Waals surface area contributed by atoms with Crippen LogP contribution in [0.5, 0.6) is 0 Å². The van der Waals surface area contributed by atoms with Gasteiger partial charge < -0.3 is 14.2 Å². The highest BCUT2D eigenvalue weighted by Crippen LogP contribution is 2.51. The number of cyclic esters (lactones) is 1. The van der Waals surface area contributed by atoms with Crippen LogP contribution in [0.1, 0.15) is 45.2 Å². The highest BCUT2D eigenvalue weighted by molar-refractivity contribution is 5.98. The third-order valence-corrected chi connectivity index (χ3v) is 6.78. The number of benzene rings is 3. The Morgan fingerprint density at radius 2 is 1.66 bits per heavy atom. The van der Waals surface area contributed by atoms with Crippen LogP contribution in [0.15, 0.2) is 66.7 Å². The lowest BCUT2D eigenvalue weighted by molar-refractivity contribution is 0.0252. The summed E-state index contributed by atoms with van der Waals surface area (Å²) in [6, 6.07) is 22.6. The van der Waals surface area contributed by atoms with E-state index < -0.39 is 5.60 Å². The van der Waals surface area contributed by atoms with E-state index in [2.05, 4.69) is 72.7 Å². The molecule has 1 aliphatic rings. The molecule has 2 heterocycles. The summed E-state index contributed by atoms with van der Waals surface area (Å²) < 4.78 is 8.76. The maximum absolute atomic E-state index is 13.2. The van der Waals surface area contributed by atoms with Gasteiger partial charge in [0.1, 0.15) is 0 Å². The molecule has 1 aromatic heterocycles. The van der Waals surface area contributed by atoms with Gasteiger partial charge in [0.05, 0.1) is 5.56 Å². The van der Waals surface area contributed by atoms with Gasteiger partial charge in [0.2, 0.25) is 0 Å². The third-order valence-electron chi connectivity index (χ3n) is 6.78. The van der Waals surface area contributed by atoms with Gasteiger partial charge in [-0.05, 0) is 50.6 Å². The highest BCUT2D eigenvalue weighted by Gasteiger charge is 2.51. The Hall–Kier alpha value is -3.53. The number of para-hydroxylation sites is 1. The lowest BCUT2D eigenvalue weighted by atomic mass is 9.77. The van der Waals surface area contributed by atoms with Crippen molar-refractivity contribution in [3.05, 3.63) is 100 Å². The van der Waals surface area contributed by atoms with Crippen LogP contribution in [-0.4, -0.2) is 24.6 Å². The van der Waals surface area contributed by atoms with Gasteiger partial charge in [0.25, 0.3) is 0 Å². The molecule has 0 saturated carbocycles. The largest absolute Gasteiger partial charge is 0.440 e. The Morgan fingerprint density at radius 3 is 2.38 bits per heavy atom. The van der Waals surface area contributed by atoms with Gasteiger partial charge in [0.15, 0.2) is 5.60 Å². The molecule has 5 rings (SSSR count). The summed E-state index contributed by atoms with van der Waals surface area (Å²) in [5, 5.41) is 1.12. The van der Waals surface area contributed by atoms with Gasteiger partial charge >= 0.3 is 5.97 Å². The number of fused-ring (bicyclic) bond motifs is 2. The summed E-state index contributed by atoms with van der Waals surface area (Å²) in [7, 11) is 4.07. The molecule has 0 amide bonds. The Balaban J connectivity index is 1.94. The average molecular weight is 425 g/mol. The number of nitrogens with zero attached hydrogens (tertiary/aromatic N) is 2. The van der Waals surface area contributed by atoms with Crippen LogP contribution in [0.4, 0.5) is 5.69 Å². The van der Waals surface area contributed by atoms with Gasteiger partial charge in [0, 0.05) is 59.6 Å². The van der Waals surface area contributed by atoms with Crippen molar-refractivity contribution in [2.24, 2.45) is 0 Å². The first kappa shape index (κ1) is 20.4. The molecule has 1 aliphatic heterocycles. The summed E-state index contributed by atoms with van der Waals surface area (Å²) in [5.41, 5.74) is 7.09. The van der Waals surface area contributed by atoms with Crippen molar-refractivity contribution in [2.75, 3.05) is 19.0 Å². The number of carbonyl (C=O) groups excluding carboxylic acids is 1. The van der Waals surface area contributed by atoms with Crippen molar-refractivity contribution in [3.8, 4) is 0 Å². The van der Waals surface area contributed by atoms with Gasteiger partial charge in [-0.2, -0.15) is 0 Å². The molecule has 4 heteroatoms. The quantitative estimate of drug-likeness (QED) is 0.388. The minimum absolute atomic E-state index is 0.274. The average Bonchev–Trinajstić information content (AvgIpc) is 3.24. The SMILES string of the molecule is CCn1c(C)c(C2(c3ccc(N(C)C)cc3C)OC(=O)c3ccccc32)c2ccccc21. The molecule has 1 unspecified atom stereocenters. The molecule has 0 bridgehead atoms. The molecule has 4 nitrogen and oxygen atoms in total. The second-order valence-electron chi connectivity index (χ2n) is 8.73. The molecule has 32 heavy (non-hydrogen) atoms. The molecule has 4 aromatic rings. The second kappa shape index (κ2) is 7.27. The Bertz CT molecular complexity index is 1370. The number of hydrogen-bond donors (Lipinski definition) is 0. The first-order chi connectivity index (χ1) is 15.4. The van der Waals surface area contributed by atoms with Crippen molar-refractivity contribution in [3.63, 3.8) is 0 Å². The number of esters is 1. The fourth-order valence-electron chi connectivity index (χ4n) is 5.34. The van der Waals surface area contributed by atoms with Crippen molar-refractivity contribution < 1.29 is 9.53 Å². The summed E-state index contributed by atoms with van der Waals surface area (Å²) in [6.45, 7) is 7.24. The molecule has 0 saturated heterocycles. The number of aryl methyl sites for hydroxylation is 2. The van der Waals surface area contributed by atoms with Crippen molar-refractivity contribution in [2.45, 2.75) is 32.9 Å². The second-order valence-corrected chi connectivity index (χ2v) is 8.73. The summed E-state index contributed by atoms with van der Waals surface area (Å²) in [6.07, 6.45) is 0. The van der Waals surface area contributed by atoms with E-state index in [4.69, 9.17) is 4.74 Å². The fourth-order valence-corrected chi connectivity index (χ4v) is 5.34. The zero-order chi connectivity index (χ0) is 22.6. The minimum Gasteiger partial charge on any atom is -0.440 e. The van der Waals surface area contributed by atoms with E-state index in [1.807, 2.05) is 38.4 Å². The zero-order valence-corrected chi connectivity index (χ0v) is 19.3. The monoisotopic (exact) mass is 424 g/mol. The van der Waals surface area contributed by atoms with Crippen LogP contribution >= 0.6 is 0 Å². The summed E-state index contributed by atoms with van der Waals surface area (Å²) in [4.78, 5) is 15.3. The zero-order valence-electron chi connectivity index (χ0n) is 19.3. The highest BCUT2D eigenvalue weighted by atomic mass is 16.6. The number of ether oxygens (including phenoxy) is 1. The fraction of sp³-hybridized carbons (Fsp3) is 0.250. The number of anilines is 1. The van der Waals surface area contributed by atoms with E-state index in [1.54, 1.807) is 0 Å². The predicted molar refractivity (Wildman–Crippen MR) is 130 cm³/mol. The molecule has 0 radical (unpaired) electrons. The standard InChI is InChI=1S/C28H28N2O2/c1-6-30-19(3)26(22-12-8-10-14-25(22)30)28(23-16-15-20(29(4)5)17-18(23)2)24-13-9-7-11-21(24)27(31)32-28/h7-17H,6H2,1-5H3. The minimum atomic E-state index is -0.993. The van der Waals surface area contributed by atoms with E-state index in [-0.39, 0.29) is 5.97 Å². The van der Waals surface area contributed by atoms with E-state index in [0.717, 1.165) is 51.1 Å². The van der Waals surface area contributed by atoms with E-state index in [0.29, 0.717) is 5.56 Å². The van der Waals surface area contributed by atoms with Gasteiger partial charge in [-0.1, -0.05) is 42.5 Å². The summed E-state index contributed by atoms with van der Waals surface area (Å²) >= 11 is 0. The van der Waals surface area contributed by atoms with Crippen LogP contribution in [0, 0.1) is 13.8 Å². The molecule has 0 spiro atoms. The van der Waals surface area contributed by atoms with Crippen LogP contribution in [0.2, 0.25) is 0 Å². The normalized spacial score (nSPS) is 17.5. The van der Waals surface area contributed by atoms with E-state index >= 15 is 0 Å². The lowest BCUT2D eigenvalue weighted by Gasteiger charge is -2.32. The Kier molecular flexibility index (Phi) is 4.63. The maximum Gasteiger partial charge on any atom is 0.340 e. The van der Waals surface area contributed by atoms with Gasteiger partial charge in [-0.25, -0.2) is 4.79 Å². The molecule has 0 fully saturated rings. The molecule has 162 valence electrons. The predicted octanol–water partition coefficient (Wildman–Crippen LogP) is 5.81. The van der Waals surface area contributed by atoms with Crippen LogP contribution in [0.25, 0.3) is 10.9 Å². The molecule has 0 aliphatic carbocycles. The third kappa shape index (κ3) is 2.65. The smallest absolute Gasteiger partial charge is 0.340 e. The lowest BCUT2D eigenvalue weighted by Crippen LogP contribution is -2.31. The number of carbonyl (C=O) groups is 1. The number of aromatic nitrogens is 1. The first-order valence-electron chi connectivity index (χ1n) is 11.1. The first-order valence-corrected chi connectivity index (χ1v) is 11.1. The van der Waals surface area contributed by atoms with Crippen molar-refractivity contribution >= 4 is 22.6 Å². The maximum atomic E-state index is 13.2. The molecule has 3 aromatic carbocycles. The van der Waals surface area contributed by atoms with Gasteiger partial charge in [-0.15, -0.1) is 0 Å². The summed E-state index contributed by atoms with van der Waals surface area (Å²) in [5.74, 6) is -0.274. The van der Waals surface area contributed by atoms with Crippen LogP contribution in [-0.2, 0) is 16.9 Å². The Labute approximate surface area is 189 Å².